The molecule has 14 rings (SSSR count). The first-order chi connectivity index (χ1) is 31.3. The summed E-state index contributed by atoms with van der Waals surface area (Å²) in [5, 5.41) is 7.21. The average molecular weight is 821 g/mol. The fraction of sp³-hybridized carbons (Fsp3) is 0.0169. The molecule has 0 atom stereocenters. The van der Waals surface area contributed by atoms with E-state index in [0.717, 1.165) is 50.2 Å². The highest BCUT2D eigenvalue weighted by atomic mass is 32.2. The van der Waals surface area contributed by atoms with Gasteiger partial charge in [0, 0.05) is 43.0 Å². The van der Waals surface area contributed by atoms with E-state index in [9.17, 15) is 0 Å². The van der Waals surface area contributed by atoms with E-state index in [1.807, 2.05) is 11.8 Å². The average Bonchev–Trinajstić information content (AvgIpc) is 3.89. The van der Waals surface area contributed by atoms with Gasteiger partial charge in [-0.2, -0.15) is 0 Å². The summed E-state index contributed by atoms with van der Waals surface area (Å²) in [7, 11) is 0. The molecule has 1 aliphatic heterocycles. The van der Waals surface area contributed by atoms with Gasteiger partial charge >= 0.3 is 0 Å². The van der Waals surface area contributed by atoms with Crippen LogP contribution >= 0.6 is 11.8 Å². The highest BCUT2D eigenvalue weighted by Crippen LogP contribution is 2.62. The molecule has 0 saturated carbocycles. The Morgan fingerprint density at radius 1 is 0.413 bits per heavy atom. The topological polar surface area (TPSA) is 21.3 Å². The van der Waals surface area contributed by atoms with Gasteiger partial charge in [0.15, 0.2) is 0 Å². The molecule has 10 aromatic carbocycles. The van der Waals surface area contributed by atoms with E-state index < -0.39 is 5.41 Å². The van der Waals surface area contributed by atoms with Crippen molar-refractivity contribution in [3.63, 3.8) is 0 Å². The van der Waals surface area contributed by atoms with E-state index >= 15 is 0 Å². The van der Waals surface area contributed by atoms with Crippen molar-refractivity contribution in [1.82, 2.24) is 4.57 Å². The van der Waals surface area contributed by atoms with Crippen LogP contribution in [0.5, 0.6) is 0 Å². The molecule has 3 nitrogen and oxygen atoms in total. The van der Waals surface area contributed by atoms with Crippen LogP contribution in [0.15, 0.2) is 233 Å². The molecule has 0 fully saturated rings. The maximum absolute atomic E-state index is 6.60. The Balaban J connectivity index is 1.12. The zero-order chi connectivity index (χ0) is 41.2. The normalized spacial score (nSPS) is 13.5. The second-order valence-corrected chi connectivity index (χ2v) is 17.8. The van der Waals surface area contributed by atoms with E-state index in [0.29, 0.717) is 0 Å². The number of rotatable bonds is 4. The lowest BCUT2D eigenvalue weighted by molar-refractivity contribution is 0.669. The molecule has 1 spiro atoms. The number of aromatic nitrogens is 1. The minimum absolute atomic E-state index is 0.582. The Labute approximate surface area is 368 Å². The fourth-order valence-electron chi connectivity index (χ4n) is 11.1. The molecule has 0 saturated heterocycles. The van der Waals surface area contributed by atoms with Gasteiger partial charge in [-0.05, 0) is 117 Å². The van der Waals surface area contributed by atoms with Crippen LogP contribution in [0.3, 0.4) is 0 Å². The van der Waals surface area contributed by atoms with Crippen LogP contribution in [-0.2, 0) is 5.41 Å². The number of hydrogen-bond acceptors (Lipinski definition) is 3. The lowest BCUT2D eigenvalue weighted by Gasteiger charge is -2.46. The van der Waals surface area contributed by atoms with E-state index in [4.69, 9.17) is 4.42 Å². The summed E-state index contributed by atoms with van der Waals surface area (Å²) in [5.41, 5.74) is 15.6. The lowest BCUT2D eigenvalue weighted by atomic mass is 9.59. The summed E-state index contributed by atoms with van der Waals surface area (Å²) in [4.78, 5) is 5.05. The Hall–Kier alpha value is -7.79. The molecule has 4 heteroatoms. The van der Waals surface area contributed by atoms with Gasteiger partial charge in [-0.3, -0.25) is 0 Å². The SMILES string of the molecule is c1ccc(-n2c3ccccc3c3ccc(N(c4ccc5c(c4)C4(c6ccccc6Sc6ccccc64)c4cccc6cccc-5c46)c4cccc5oc6ccccc6c45)cc32)cc1. The summed E-state index contributed by atoms with van der Waals surface area (Å²) >= 11 is 1.88. The highest BCUT2D eigenvalue weighted by Gasteiger charge is 2.48. The number of benzene rings is 10. The van der Waals surface area contributed by atoms with Gasteiger partial charge in [0.1, 0.15) is 11.2 Å². The van der Waals surface area contributed by atoms with Crippen molar-refractivity contribution in [1.29, 1.82) is 0 Å². The number of fused-ring (bicyclic) bond motifs is 14. The first-order valence-electron chi connectivity index (χ1n) is 21.6. The third kappa shape index (κ3) is 4.76. The summed E-state index contributed by atoms with van der Waals surface area (Å²) in [6, 6.07) is 80.5. The predicted molar refractivity (Wildman–Crippen MR) is 262 cm³/mol. The minimum Gasteiger partial charge on any atom is -0.456 e. The Morgan fingerprint density at radius 2 is 1.05 bits per heavy atom. The molecule has 0 bridgehead atoms. The molecule has 0 radical (unpaired) electrons. The maximum atomic E-state index is 6.60. The van der Waals surface area contributed by atoms with Crippen LogP contribution < -0.4 is 4.90 Å². The first-order valence-corrected chi connectivity index (χ1v) is 22.4. The molecule has 2 aromatic heterocycles. The lowest BCUT2D eigenvalue weighted by Crippen LogP contribution is -2.36. The van der Waals surface area contributed by atoms with E-state index in [2.05, 4.69) is 228 Å². The summed E-state index contributed by atoms with van der Waals surface area (Å²) in [5.74, 6) is 0. The third-order valence-corrected chi connectivity index (χ3v) is 14.8. The molecular formula is C59H36N2OS. The zero-order valence-corrected chi connectivity index (χ0v) is 34.8. The molecule has 0 N–H and O–H groups in total. The number of para-hydroxylation sites is 3. The monoisotopic (exact) mass is 820 g/mol. The second-order valence-electron chi connectivity index (χ2n) is 16.8. The summed E-state index contributed by atoms with van der Waals surface area (Å²) < 4.78 is 9.01. The van der Waals surface area contributed by atoms with Crippen LogP contribution in [0.25, 0.3) is 71.3 Å². The molecule has 1 aliphatic carbocycles. The van der Waals surface area contributed by atoms with Crippen LogP contribution in [0.4, 0.5) is 17.1 Å². The minimum atomic E-state index is -0.582. The Bertz CT molecular complexity index is 3810. The van der Waals surface area contributed by atoms with E-state index in [1.54, 1.807) is 0 Å². The maximum Gasteiger partial charge on any atom is 0.137 e. The summed E-state index contributed by atoms with van der Waals surface area (Å²) in [6.07, 6.45) is 0. The van der Waals surface area contributed by atoms with Gasteiger partial charge in [-0.25, -0.2) is 0 Å². The zero-order valence-electron chi connectivity index (χ0n) is 34.0. The van der Waals surface area contributed by atoms with Gasteiger partial charge in [0.05, 0.1) is 27.5 Å². The van der Waals surface area contributed by atoms with Crippen LogP contribution in [0.1, 0.15) is 22.3 Å². The Morgan fingerprint density at radius 3 is 1.89 bits per heavy atom. The van der Waals surface area contributed by atoms with Crippen molar-refractivity contribution in [3.8, 4) is 16.8 Å². The van der Waals surface area contributed by atoms with Crippen LogP contribution in [0.2, 0.25) is 0 Å². The van der Waals surface area contributed by atoms with Gasteiger partial charge in [0.2, 0.25) is 0 Å². The molecule has 294 valence electrons. The smallest absolute Gasteiger partial charge is 0.137 e. The molecule has 2 aliphatic rings. The molecule has 12 aromatic rings. The number of hydrogen-bond donors (Lipinski definition) is 0. The third-order valence-electron chi connectivity index (χ3n) is 13.6. The number of furan rings is 1. The number of nitrogens with zero attached hydrogens (tertiary/aromatic N) is 2. The standard InChI is InChI=1S/C59H36N2OS/c1-2-17-38(18-3-1)61-50-25-8-4-19-42(50)43-34-32-40(36-52(43)61)60(51-26-14-28-54-58(51)45-20-5-9-27-53(45)62-54)39-31-33-41-44-21-12-15-37-16-13-24-48(57(37)44)59(49(41)35-39)46-22-6-10-29-55(46)63-56-30-11-7-23-47(56)59/h1-36H. The van der Waals surface area contributed by atoms with Crippen molar-refractivity contribution in [2.45, 2.75) is 15.2 Å². The largest absolute Gasteiger partial charge is 0.456 e. The van der Waals surface area contributed by atoms with Crippen molar-refractivity contribution >= 4 is 83.3 Å². The van der Waals surface area contributed by atoms with Gasteiger partial charge in [-0.1, -0.05) is 157 Å². The molecule has 63 heavy (non-hydrogen) atoms. The molecular weight excluding hydrogens is 785 g/mol. The van der Waals surface area contributed by atoms with Gasteiger partial charge < -0.3 is 13.9 Å². The first kappa shape index (κ1) is 34.9. The van der Waals surface area contributed by atoms with Crippen LogP contribution in [-0.4, -0.2) is 4.57 Å². The highest BCUT2D eigenvalue weighted by molar-refractivity contribution is 7.99. The Kier molecular flexibility index (Phi) is 7.26. The molecule has 0 unspecified atom stereocenters. The molecule has 0 amide bonds. The van der Waals surface area contributed by atoms with Crippen molar-refractivity contribution in [3.05, 3.63) is 241 Å². The van der Waals surface area contributed by atoms with E-state index in [1.165, 1.54) is 70.2 Å². The number of anilines is 3. The van der Waals surface area contributed by atoms with Crippen molar-refractivity contribution in [2.24, 2.45) is 0 Å². The van der Waals surface area contributed by atoms with Gasteiger partial charge in [-0.15, -0.1) is 0 Å². The van der Waals surface area contributed by atoms with Crippen molar-refractivity contribution in [2.75, 3.05) is 4.90 Å². The van der Waals surface area contributed by atoms with Crippen molar-refractivity contribution < 1.29 is 4.42 Å². The van der Waals surface area contributed by atoms with E-state index in [-0.39, 0.29) is 0 Å². The summed E-state index contributed by atoms with van der Waals surface area (Å²) in [6.45, 7) is 0. The molecule has 3 heterocycles. The van der Waals surface area contributed by atoms with Gasteiger partial charge in [0.25, 0.3) is 0 Å². The quantitative estimate of drug-likeness (QED) is 0.176. The predicted octanol–water partition coefficient (Wildman–Crippen LogP) is 16.1. The fourth-order valence-corrected chi connectivity index (χ4v) is 12.3. The second kappa shape index (κ2) is 13.1. The van der Waals surface area contributed by atoms with Crippen LogP contribution in [0, 0.1) is 0 Å².